The van der Waals surface area contributed by atoms with Crippen LogP contribution < -0.4 is 28.3 Å². The van der Waals surface area contributed by atoms with Crippen molar-refractivity contribution in [2.45, 2.75) is 19.3 Å². The van der Waals surface area contributed by atoms with Crippen molar-refractivity contribution in [2.24, 2.45) is 0 Å². The first-order valence-corrected chi connectivity index (χ1v) is 7.72. The fraction of sp³-hybridized carbons (Fsp3) is 0.462. The second-order valence-corrected chi connectivity index (χ2v) is 5.67. The van der Waals surface area contributed by atoms with Crippen molar-refractivity contribution in [3.63, 3.8) is 0 Å². The van der Waals surface area contributed by atoms with Crippen LogP contribution in [0.1, 0.15) is 29.6 Å². The minimum absolute atomic E-state index is 0. The van der Waals surface area contributed by atoms with Gasteiger partial charge in [0.05, 0.1) is 23.7 Å². The maximum atomic E-state index is 12.3. The van der Waals surface area contributed by atoms with Crippen molar-refractivity contribution < 1.29 is 33.1 Å². The van der Waals surface area contributed by atoms with Crippen LogP contribution in [0.15, 0.2) is 10.5 Å². The molecule has 20 heavy (non-hydrogen) atoms. The summed E-state index contributed by atoms with van der Waals surface area (Å²) < 4.78 is 11.2. The van der Waals surface area contributed by atoms with Gasteiger partial charge >= 0.3 is 18.9 Å². The fourth-order valence-electron chi connectivity index (χ4n) is 1.77. The largest absolute Gasteiger partial charge is 1.00 e. The number of ether oxygens (including phenoxy) is 2. The molecule has 0 aliphatic carbocycles. The number of rotatable bonds is 7. The number of benzene rings is 1. The van der Waals surface area contributed by atoms with Crippen LogP contribution in [-0.2, 0) is 0 Å². The number of unbranched alkanes of at least 4 members (excludes halogenated alkanes) is 1. The maximum absolute atomic E-state index is 12.3. The van der Waals surface area contributed by atoms with Gasteiger partial charge in [0.2, 0.25) is 0 Å². The van der Waals surface area contributed by atoms with E-state index < -0.39 is 0 Å². The van der Waals surface area contributed by atoms with Gasteiger partial charge in [0.15, 0.2) is 11.5 Å². The van der Waals surface area contributed by atoms with Gasteiger partial charge in [-0.1, -0.05) is 18.0 Å². The van der Waals surface area contributed by atoms with Crippen molar-refractivity contribution >= 4 is 42.6 Å². The zero-order valence-electron chi connectivity index (χ0n) is 11.9. The van der Waals surface area contributed by atoms with Crippen molar-refractivity contribution in [2.75, 3.05) is 20.4 Å². The van der Waals surface area contributed by atoms with Gasteiger partial charge in [0.1, 0.15) is 11.3 Å². The fourth-order valence-corrected chi connectivity index (χ4v) is 3.02. The molecule has 1 rings (SSSR count). The Morgan fingerprint density at radius 3 is 2.40 bits per heavy atom. The molecule has 0 aliphatic rings. The number of carbonyl (C=O) groups is 1. The number of carbonyl (C=O) groups excluding carboxylic acids is 1. The third-order valence-corrected chi connectivity index (χ3v) is 3.88. The Hall–Kier alpha value is 0.287. The molecule has 1 aromatic carbocycles. The molecule has 106 valence electrons. The summed E-state index contributed by atoms with van der Waals surface area (Å²) in [5.41, 5.74) is 0.401. The van der Waals surface area contributed by atoms with Crippen molar-refractivity contribution in [3.8, 4) is 11.5 Å². The van der Waals surface area contributed by atoms with Gasteiger partial charge in [0, 0.05) is 6.42 Å². The summed E-state index contributed by atoms with van der Waals surface area (Å²) in [6, 6.07) is 1.66. The van der Waals surface area contributed by atoms with E-state index in [4.69, 9.17) is 21.1 Å². The van der Waals surface area contributed by atoms with Crippen LogP contribution in [0, 0.1) is 0 Å². The van der Waals surface area contributed by atoms with Crippen LogP contribution in [0.4, 0.5) is 0 Å². The zero-order valence-corrected chi connectivity index (χ0v) is 15.2. The van der Waals surface area contributed by atoms with Crippen LogP contribution in [-0.4, -0.2) is 26.2 Å². The van der Waals surface area contributed by atoms with Crippen LogP contribution in [0.5, 0.6) is 11.5 Å². The molecule has 0 atom stereocenters. The minimum Gasteiger partial charge on any atom is -0.558 e. The summed E-state index contributed by atoms with van der Waals surface area (Å²) in [5.74, 6) is 0.798. The summed E-state index contributed by atoms with van der Waals surface area (Å²) in [4.78, 5) is 12.3. The van der Waals surface area contributed by atoms with E-state index in [1.165, 1.54) is 14.2 Å². The Bertz CT molecular complexity index is 443. The average Bonchev–Trinajstić information content (AvgIpc) is 2.38. The molecule has 0 saturated carbocycles. The van der Waals surface area contributed by atoms with Gasteiger partial charge in [-0.3, -0.25) is 4.79 Å². The van der Waals surface area contributed by atoms with Crippen LogP contribution in [0.25, 0.3) is 0 Å². The molecule has 0 unspecified atom stereocenters. The predicted molar refractivity (Wildman–Crippen MR) is 83.6 cm³/mol. The standard InChI is InChI=1S/C13H16BrClO3P.Li/c1-17-12-8(14)7-9(15)13(18-2)11(12)10(16)5-3-4-6-19;/h7,19H,3-6H2,1-2H3;/q-1;+1. The molecule has 0 radical (unpaired) electrons. The zero-order chi connectivity index (χ0) is 14.4. The number of methoxy groups -OCH3 is 2. The van der Waals surface area contributed by atoms with Crippen LogP contribution in [0.2, 0.25) is 5.02 Å². The Labute approximate surface area is 147 Å². The molecule has 0 bridgehead atoms. The first-order valence-electron chi connectivity index (χ1n) is 5.84. The molecule has 0 saturated heterocycles. The second kappa shape index (κ2) is 10.1. The summed E-state index contributed by atoms with van der Waals surface area (Å²) in [5, 5.41) is 0.388. The number of hydrogen-bond donors (Lipinski definition) is 0. The van der Waals surface area contributed by atoms with Crippen molar-refractivity contribution in [1.82, 2.24) is 0 Å². The quantitative estimate of drug-likeness (QED) is 0.315. The van der Waals surface area contributed by atoms with Crippen molar-refractivity contribution in [1.29, 1.82) is 0 Å². The molecular formula is C13H16BrClLiO3P. The van der Waals surface area contributed by atoms with E-state index in [0.29, 0.717) is 33.0 Å². The smallest absolute Gasteiger partial charge is 0.558 e. The van der Waals surface area contributed by atoms with E-state index in [2.05, 4.69) is 25.2 Å². The van der Waals surface area contributed by atoms with Gasteiger partial charge in [0.25, 0.3) is 0 Å². The van der Waals surface area contributed by atoms with Crippen molar-refractivity contribution in [3.05, 3.63) is 21.1 Å². The van der Waals surface area contributed by atoms with E-state index in [0.717, 1.165) is 19.0 Å². The van der Waals surface area contributed by atoms with E-state index in [-0.39, 0.29) is 24.6 Å². The number of Topliss-reactive ketones (excluding diaryl/α,β-unsaturated/α-hetero) is 1. The Kier molecular flexibility index (Phi) is 10.2. The molecule has 0 heterocycles. The van der Waals surface area contributed by atoms with E-state index in [1.54, 1.807) is 6.07 Å². The SMILES string of the molecule is COc1c(Cl)cc(Br)c(OC)c1C(=O)CCCC[PH-].[Li+]. The summed E-state index contributed by atoms with van der Waals surface area (Å²) in [7, 11) is 6.40. The molecule has 0 aliphatic heterocycles. The Morgan fingerprint density at radius 2 is 1.90 bits per heavy atom. The topological polar surface area (TPSA) is 35.5 Å². The van der Waals surface area contributed by atoms with Gasteiger partial charge in [-0.15, -0.1) is 0 Å². The first-order chi connectivity index (χ1) is 9.06. The maximum Gasteiger partial charge on any atom is 1.00 e. The van der Waals surface area contributed by atoms with Gasteiger partial charge < -0.3 is 18.7 Å². The third-order valence-electron chi connectivity index (χ3n) is 2.66. The minimum atomic E-state index is -0.0305. The molecule has 0 fully saturated rings. The molecule has 0 N–H and O–H groups in total. The molecule has 0 aromatic heterocycles. The van der Waals surface area contributed by atoms with Crippen LogP contribution >= 0.6 is 36.8 Å². The normalized spacial score (nSPS) is 9.85. The number of hydrogen-bond acceptors (Lipinski definition) is 3. The molecule has 0 amide bonds. The Balaban J connectivity index is 0.00000361. The van der Waals surface area contributed by atoms with Crippen LogP contribution in [0.3, 0.4) is 0 Å². The van der Waals surface area contributed by atoms with E-state index in [1.807, 2.05) is 0 Å². The monoisotopic (exact) mass is 372 g/mol. The van der Waals surface area contributed by atoms with E-state index in [9.17, 15) is 4.79 Å². The predicted octanol–water partition coefficient (Wildman–Crippen LogP) is 1.62. The summed E-state index contributed by atoms with van der Waals surface area (Å²) in [6.07, 6.45) is 3.05. The summed E-state index contributed by atoms with van der Waals surface area (Å²) >= 11 is 9.45. The second-order valence-electron chi connectivity index (χ2n) is 3.91. The summed E-state index contributed by atoms with van der Waals surface area (Å²) in [6.45, 7) is 0. The molecule has 0 spiro atoms. The van der Waals surface area contributed by atoms with Gasteiger partial charge in [-0.05, 0) is 28.4 Å². The Morgan fingerprint density at radius 1 is 1.30 bits per heavy atom. The number of ketones is 1. The van der Waals surface area contributed by atoms with E-state index >= 15 is 0 Å². The molecule has 7 heteroatoms. The number of halogens is 2. The molecule has 1 aromatic rings. The molecule has 3 nitrogen and oxygen atoms in total. The molecular weight excluding hydrogens is 357 g/mol. The van der Waals surface area contributed by atoms with Gasteiger partial charge in [-0.2, -0.15) is 6.16 Å². The third kappa shape index (κ3) is 4.93. The first kappa shape index (κ1) is 20.3. The average molecular weight is 374 g/mol. The van der Waals surface area contributed by atoms with Gasteiger partial charge in [-0.25, -0.2) is 0 Å².